The summed E-state index contributed by atoms with van der Waals surface area (Å²) in [5.74, 6) is 0.810. The third-order valence-electron chi connectivity index (χ3n) is 3.75. The zero-order valence-corrected chi connectivity index (χ0v) is 11.4. The number of nitrogens with zero attached hydrogens (tertiary/aromatic N) is 4. The highest BCUT2D eigenvalue weighted by molar-refractivity contribution is 5.56. The van der Waals surface area contributed by atoms with Gasteiger partial charge in [0.05, 0.1) is 5.69 Å². The fraction of sp³-hybridized carbons (Fsp3) is 0.500. The Morgan fingerprint density at radius 1 is 1.42 bits per heavy atom. The number of hydrogen-bond acceptors (Lipinski definition) is 4. The van der Waals surface area contributed by atoms with Gasteiger partial charge in [0.2, 0.25) is 0 Å². The molecule has 0 amide bonds. The van der Waals surface area contributed by atoms with Gasteiger partial charge in [0, 0.05) is 12.2 Å². The van der Waals surface area contributed by atoms with E-state index in [2.05, 4.69) is 40.3 Å². The van der Waals surface area contributed by atoms with Gasteiger partial charge in [-0.25, -0.2) is 14.6 Å². The van der Waals surface area contributed by atoms with Crippen LogP contribution in [-0.2, 0) is 0 Å². The van der Waals surface area contributed by atoms with E-state index in [0.717, 1.165) is 11.5 Å². The molecule has 0 bridgehead atoms. The molecule has 1 saturated carbocycles. The third-order valence-corrected chi connectivity index (χ3v) is 3.75. The second-order valence-electron chi connectivity index (χ2n) is 5.96. The largest absolute Gasteiger partial charge is 0.379 e. The van der Waals surface area contributed by atoms with Crippen molar-refractivity contribution in [2.75, 3.05) is 5.32 Å². The van der Waals surface area contributed by atoms with E-state index in [9.17, 15) is 0 Å². The lowest BCUT2D eigenvalue weighted by atomic mass is 9.92. The van der Waals surface area contributed by atoms with Gasteiger partial charge in [0.15, 0.2) is 5.82 Å². The lowest BCUT2D eigenvalue weighted by Gasteiger charge is -2.19. The van der Waals surface area contributed by atoms with Gasteiger partial charge >= 0.3 is 0 Å². The summed E-state index contributed by atoms with van der Waals surface area (Å²) in [6.45, 7) is 4.66. The second-order valence-corrected chi connectivity index (χ2v) is 5.96. The van der Waals surface area contributed by atoms with Crippen molar-refractivity contribution in [3.8, 4) is 5.82 Å². The van der Waals surface area contributed by atoms with Crippen LogP contribution in [-0.4, -0.2) is 25.8 Å². The molecule has 1 atom stereocenters. The van der Waals surface area contributed by atoms with Gasteiger partial charge < -0.3 is 5.32 Å². The number of pyridine rings is 1. The molecule has 5 heteroatoms. The molecule has 0 aromatic carbocycles. The molecule has 0 saturated heterocycles. The van der Waals surface area contributed by atoms with E-state index in [4.69, 9.17) is 0 Å². The number of hydrogen-bond donors (Lipinski definition) is 1. The van der Waals surface area contributed by atoms with Crippen LogP contribution in [0.1, 0.15) is 33.1 Å². The first-order valence-corrected chi connectivity index (χ1v) is 6.71. The Labute approximate surface area is 113 Å². The molecule has 19 heavy (non-hydrogen) atoms. The van der Waals surface area contributed by atoms with Crippen LogP contribution in [0.3, 0.4) is 0 Å². The van der Waals surface area contributed by atoms with Gasteiger partial charge in [-0.2, -0.15) is 5.10 Å². The maximum Gasteiger partial charge on any atom is 0.178 e. The van der Waals surface area contributed by atoms with Crippen molar-refractivity contribution in [1.29, 1.82) is 0 Å². The molecule has 1 aliphatic carbocycles. The average molecular weight is 257 g/mol. The molecule has 0 radical (unpaired) electrons. The molecular weight excluding hydrogens is 238 g/mol. The van der Waals surface area contributed by atoms with Crippen LogP contribution in [0.4, 0.5) is 5.69 Å². The van der Waals surface area contributed by atoms with Gasteiger partial charge in [-0.15, -0.1) is 0 Å². The van der Waals surface area contributed by atoms with Crippen molar-refractivity contribution >= 4 is 5.69 Å². The summed E-state index contributed by atoms with van der Waals surface area (Å²) in [5.41, 5.74) is 1.46. The fourth-order valence-corrected chi connectivity index (χ4v) is 2.79. The first-order chi connectivity index (χ1) is 9.14. The summed E-state index contributed by atoms with van der Waals surface area (Å²) in [7, 11) is 0. The van der Waals surface area contributed by atoms with Gasteiger partial charge in [0.1, 0.15) is 12.7 Å². The van der Waals surface area contributed by atoms with E-state index < -0.39 is 0 Å². The predicted octanol–water partition coefficient (Wildman–Crippen LogP) is 2.65. The van der Waals surface area contributed by atoms with Crippen molar-refractivity contribution in [1.82, 2.24) is 19.7 Å². The summed E-state index contributed by atoms with van der Waals surface area (Å²) in [4.78, 5) is 8.38. The smallest absolute Gasteiger partial charge is 0.178 e. The summed E-state index contributed by atoms with van der Waals surface area (Å²) in [6, 6.07) is 4.51. The topological polar surface area (TPSA) is 55.6 Å². The number of nitrogens with one attached hydrogen (secondary N) is 1. The Kier molecular flexibility index (Phi) is 2.97. The van der Waals surface area contributed by atoms with E-state index in [0.29, 0.717) is 11.5 Å². The molecule has 100 valence electrons. The van der Waals surface area contributed by atoms with Gasteiger partial charge in [-0.05, 0) is 36.8 Å². The Hall–Kier alpha value is -1.91. The molecule has 2 aromatic rings. The zero-order valence-electron chi connectivity index (χ0n) is 11.4. The van der Waals surface area contributed by atoms with E-state index in [1.807, 2.05) is 6.07 Å². The molecule has 2 aromatic heterocycles. The molecular formula is C14H19N5. The first kappa shape index (κ1) is 12.1. The molecule has 1 N–H and O–H groups in total. The lowest BCUT2D eigenvalue weighted by Crippen LogP contribution is -2.19. The average Bonchev–Trinajstić information content (AvgIpc) is 3.00. The zero-order chi connectivity index (χ0) is 13.3. The highest BCUT2D eigenvalue weighted by Gasteiger charge is 2.31. The minimum absolute atomic E-state index is 0.438. The Morgan fingerprint density at radius 2 is 2.32 bits per heavy atom. The lowest BCUT2D eigenvalue weighted by molar-refractivity contribution is 0.378. The molecule has 1 unspecified atom stereocenters. The SMILES string of the molecule is CC1(C)CCC(Nc2cccnc2-n2cncn2)C1. The standard InChI is InChI=1S/C14H19N5/c1-14(2)6-5-11(8-14)18-12-4-3-7-16-13(12)19-10-15-9-17-19/h3-4,7,9-11,18H,5-6,8H2,1-2H3. The molecule has 1 aliphatic rings. The minimum Gasteiger partial charge on any atom is -0.379 e. The van der Waals surface area contributed by atoms with Crippen LogP contribution in [0.15, 0.2) is 31.0 Å². The van der Waals surface area contributed by atoms with E-state index in [-0.39, 0.29) is 0 Å². The quantitative estimate of drug-likeness (QED) is 0.918. The number of rotatable bonds is 3. The van der Waals surface area contributed by atoms with Gasteiger partial charge in [-0.3, -0.25) is 0 Å². The highest BCUT2D eigenvalue weighted by atomic mass is 15.3. The number of anilines is 1. The summed E-state index contributed by atoms with van der Waals surface area (Å²) >= 11 is 0. The van der Waals surface area contributed by atoms with Crippen molar-refractivity contribution in [3.05, 3.63) is 31.0 Å². The molecule has 1 fully saturated rings. The first-order valence-electron chi connectivity index (χ1n) is 6.71. The summed E-state index contributed by atoms with van der Waals surface area (Å²) in [6.07, 6.45) is 8.64. The normalized spacial score (nSPS) is 21.5. The number of aromatic nitrogens is 4. The maximum atomic E-state index is 4.40. The predicted molar refractivity (Wildman–Crippen MR) is 74.2 cm³/mol. The van der Waals surface area contributed by atoms with Crippen molar-refractivity contribution in [2.24, 2.45) is 5.41 Å². The van der Waals surface area contributed by atoms with Crippen LogP contribution in [0, 0.1) is 5.41 Å². The van der Waals surface area contributed by atoms with Crippen LogP contribution in [0.2, 0.25) is 0 Å². The fourth-order valence-electron chi connectivity index (χ4n) is 2.79. The van der Waals surface area contributed by atoms with Crippen molar-refractivity contribution in [3.63, 3.8) is 0 Å². The highest BCUT2D eigenvalue weighted by Crippen LogP contribution is 2.38. The molecule has 2 heterocycles. The third kappa shape index (κ3) is 2.59. The monoisotopic (exact) mass is 257 g/mol. The van der Waals surface area contributed by atoms with E-state index in [1.54, 1.807) is 17.2 Å². The van der Waals surface area contributed by atoms with Crippen LogP contribution < -0.4 is 5.32 Å². The Balaban J connectivity index is 1.82. The Bertz CT molecular complexity index is 547. The van der Waals surface area contributed by atoms with Crippen LogP contribution in [0.25, 0.3) is 5.82 Å². The van der Waals surface area contributed by atoms with Crippen molar-refractivity contribution in [2.45, 2.75) is 39.2 Å². The molecule has 3 rings (SSSR count). The minimum atomic E-state index is 0.438. The van der Waals surface area contributed by atoms with Gasteiger partial charge in [0.25, 0.3) is 0 Å². The molecule has 5 nitrogen and oxygen atoms in total. The van der Waals surface area contributed by atoms with Crippen molar-refractivity contribution < 1.29 is 0 Å². The second kappa shape index (κ2) is 4.64. The Morgan fingerprint density at radius 3 is 3.00 bits per heavy atom. The summed E-state index contributed by atoms with van der Waals surface area (Å²) in [5, 5.41) is 7.76. The van der Waals surface area contributed by atoms with Crippen LogP contribution in [0.5, 0.6) is 0 Å². The van der Waals surface area contributed by atoms with Gasteiger partial charge in [-0.1, -0.05) is 13.8 Å². The van der Waals surface area contributed by atoms with Crippen LogP contribution >= 0.6 is 0 Å². The van der Waals surface area contributed by atoms with E-state index in [1.165, 1.54) is 25.6 Å². The van der Waals surface area contributed by atoms with E-state index >= 15 is 0 Å². The molecule has 0 aliphatic heterocycles. The molecule has 0 spiro atoms. The maximum absolute atomic E-state index is 4.40. The summed E-state index contributed by atoms with van der Waals surface area (Å²) < 4.78 is 1.70.